The van der Waals surface area contributed by atoms with Crippen molar-refractivity contribution in [1.82, 2.24) is 10.3 Å². The zero-order valence-electron chi connectivity index (χ0n) is 12.2. The van der Waals surface area contributed by atoms with Crippen LogP contribution in [0.1, 0.15) is 18.4 Å². The maximum Gasteiger partial charge on any atom is 0.127 e. The number of amidine groups is 1. The Labute approximate surface area is 134 Å². The summed E-state index contributed by atoms with van der Waals surface area (Å²) in [4.78, 5) is 11.4. The summed E-state index contributed by atoms with van der Waals surface area (Å²) < 4.78 is 0. The zero-order chi connectivity index (χ0) is 14.9. The van der Waals surface area contributed by atoms with Crippen LogP contribution in [0.5, 0.6) is 0 Å². The molecule has 0 unspecified atom stereocenters. The molecule has 4 nitrogen and oxygen atoms in total. The molecule has 1 N–H and O–H groups in total. The van der Waals surface area contributed by atoms with Crippen molar-refractivity contribution in [3.8, 4) is 0 Å². The highest BCUT2D eigenvalue weighted by Gasteiger charge is 2.30. The van der Waals surface area contributed by atoms with Crippen molar-refractivity contribution in [2.45, 2.75) is 25.4 Å². The van der Waals surface area contributed by atoms with E-state index in [4.69, 9.17) is 16.6 Å². The molecule has 22 heavy (non-hydrogen) atoms. The van der Waals surface area contributed by atoms with E-state index < -0.39 is 0 Å². The molecule has 4 rings (SSSR count). The van der Waals surface area contributed by atoms with Crippen molar-refractivity contribution >= 4 is 28.8 Å². The second-order valence-corrected chi connectivity index (χ2v) is 6.06. The van der Waals surface area contributed by atoms with Crippen LogP contribution in [0.15, 0.2) is 47.7 Å². The number of anilines is 1. The van der Waals surface area contributed by atoms with Gasteiger partial charge in [0.1, 0.15) is 5.84 Å². The Morgan fingerprint density at radius 3 is 2.95 bits per heavy atom. The van der Waals surface area contributed by atoms with Crippen molar-refractivity contribution in [3.05, 3.63) is 53.3 Å². The molecular formula is C17H17ClN4. The number of halogens is 1. The standard InChI is InChI=1S/C17H17ClN4/c18-14-5-1-6-15-13(14)11-22(12-4-2-8-19-10-12)17(21-15)16-7-3-9-20-16/h1-2,4-6,8,10,16,20H,3,7,9,11H2/t16-/m0/s1. The Bertz CT molecular complexity index is 708. The van der Waals surface area contributed by atoms with Gasteiger partial charge in [0.15, 0.2) is 0 Å². The number of pyridine rings is 1. The third kappa shape index (κ3) is 2.38. The number of hydrogen-bond donors (Lipinski definition) is 1. The maximum atomic E-state index is 6.38. The Hall–Kier alpha value is -1.91. The Morgan fingerprint density at radius 1 is 1.23 bits per heavy atom. The topological polar surface area (TPSA) is 40.5 Å². The van der Waals surface area contributed by atoms with E-state index in [-0.39, 0.29) is 0 Å². The van der Waals surface area contributed by atoms with Gasteiger partial charge in [0.25, 0.3) is 0 Å². The van der Waals surface area contributed by atoms with E-state index in [1.54, 1.807) is 6.20 Å². The quantitative estimate of drug-likeness (QED) is 0.922. The molecule has 1 fully saturated rings. The third-order valence-corrected chi connectivity index (χ3v) is 4.61. The normalized spacial score (nSPS) is 20.7. The molecule has 1 saturated heterocycles. The van der Waals surface area contributed by atoms with Gasteiger partial charge < -0.3 is 10.2 Å². The molecule has 2 aliphatic rings. The predicted octanol–water partition coefficient (Wildman–Crippen LogP) is 3.54. The fourth-order valence-electron chi connectivity index (χ4n) is 3.14. The average molecular weight is 313 g/mol. The fourth-order valence-corrected chi connectivity index (χ4v) is 3.37. The molecule has 1 atom stereocenters. The molecule has 1 aromatic heterocycles. The number of nitrogens with one attached hydrogen (secondary N) is 1. The van der Waals surface area contributed by atoms with Crippen LogP contribution in [-0.2, 0) is 6.54 Å². The summed E-state index contributed by atoms with van der Waals surface area (Å²) in [5, 5.41) is 4.32. The molecule has 112 valence electrons. The highest BCUT2D eigenvalue weighted by molar-refractivity contribution is 6.32. The minimum Gasteiger partial charge on any atom is -0.323 e. The summed E-state index contributed by atoms with van der Waals surface area (Å²) in [5.74, 6) is 1.07. The van der Waals surface area contributed by atoms with Gasteiger partial charge in [-0.1, -0.05) is 17.7 Å². The lowest BCUT2D eigenvalue weighted by atomic mass is 10.1. The molecule has 5 heteroatoms. The number of nitrogens with zero attached hydrogens (tertiary/aromatic N) is 3. The van der Waals surface area contributed by atoms with Gasteiger partial charge in [-0.15, -0.1) is 0 Å². The van der Waals surface area contributed by atoms with Crippen LogP contribution in [0.25, 0.3) is 0 Å². The van der Waals surface area contributed by atoms with E-state index in [1.165, 1.54) is 6.42 Å². The van der Waals surface area contributed by atoms with Crippen LogP contribution >= 0.6 is 11.6 Å². The summed E-state index contributed by atoms with van der Waals surface area (Å²) in [6.45, 7) is 1.78. The number of aromatic nitrogens is 1. The Balaban J connectivity index is 1.81. The number of hydrogen-bond acceptors (Lipinski definition) is 4. The van der Waals surface area contributed by atoms with E-state index in [0.717, 1.165) is 47.3 Å². The molecule has 1 aromatic carbocycles. The molecule has 0 spiro atoms. The highest BCUT2D eigenvalue weighted by atomic mass is 35.5. The molecule has 2 aromatic rings. The summed E-state index contributed by atoms with van der Waals surface area (Å²) in [6, 6.07) is 10.3. The van der Waals surface area contributed by atoms with E-state index in [2.05, 4.69) is 21.3 Å². The second kappa shape index (κ2) is 5.71. The number of aliphatic imine (C=N–C) groups is 1. The lowest BCUT2D eigenvalue weighted by molar-refractivity contribution is 0.736. The zero-order valence-corrected chi connectivity index (χ0v) is 12.9. The average Bonchev–Trinajstić information content (AvgIpc) is 3.09. The van der Waals surface area contributed by atoms with Crippen LogP contribution in [0.3, 0.4) is 0 Å². The molecule has 3 heterocycles. The molecule has 0 amide bonds. The molecule has 0 aliphatic carbocycles. The highest BCUT2D eigenvalue weighted by Crippen LogP contribution is 2.35. The molecular weight excluding hydrogens is 296 g/mol. The van der Waals surface area contributed by atoms with Crippen LogP contribution in [0, 0.1) is 0 Å². The van der Waals surface area contributed by atoms with E-state index in [1.807, 2.05) is 30.5 Å². The summed E-state index contributed by atoms with van der Waals surface area (Å²) in [7, 11) is 0. The van der Waals surface area contributed by atoms with Gasteiger partial charge in [-0.3, -0.25) is 4.98 Å². The first-order valence-corrected chi connectivity index (χ1v) is 7.97. The maximum absolute atomic E-state index is 6.38. The lowest BCUT2D eigenvalue weighted by Crippen LogP contribution is -2.45. The van der Waals surface area contributed by atoms with Gasteiger partial charge >= 0.3 is 0 Å². The minimum atomic E-state index is 0.298. The Kier molecular flexibility index (Phi) is 3.56. The summed E-state index contributed by atoms with van der Waals surface area (Å²) in [6.07, 6.45) is 5.98. The number of rotatable bonds is 2. The van der Waals surface area contributed by atoms with Crippen molar-refractivity contribution in [2.24, 2.45) is 4.99 Å². The predicted molar refractivity (Wildman–Crippen MR) is 90.0 cm³/mol. The van der Waals surface area contributed by atoms with Crippen molar-refractivity contribution < 1.29 is 0 Å². The van der Waals surface area contributed by atoms with Gasteiger partial charge in [0, 0.05) is 16.8 Å². The van der Waals surface area contributed by atoms with Crippen LogP contribution in [0.4, 0.5) is 11.4 Å². The lowest BCUT2D eigenvalue weighted by Gasteiger charge is -2.33. The van der Waals surface area contributed by atoms with Crippen molar-refractivity contribution in [3.63, 3.8) is 0 Å². The third-order valence-electron chi connectivity index (χ3n) is 4.25. The van der Waals surface area contributed by atoms with Gasteiger partial charge in [-0.05, 0) is 43.7 Å². The Morgan fingerprint density at radius 2 is 2.18 bits per heavy atom. The van der Waals surface area contributed by atoms with Crippen molar-refractivity contribution in [1.29, 1.82) is 0 Å². The fraction of sp³-hybridized carbons (Fsp3) is 0.294. The molecule has 2 aliphatic heterocycles. The minimum absolute atomic E-state index is 0.298. The van der Waals surface area contributed by atoms with Gasteiger partial charge in [-0.25, -0.2) is 4.99 Å². The number of benzene rings is 1. The van der Waals surface area contributed by atoms with E-state index in [9.17, 15) is 0 Å². The first kappa shape index (κ1) is 13.7. The van der Waals surface area contributed by atoms with Gasteiger partial charge in [0.05, 0.1) is 30.2 Å². The SMILES string of the molecule is Clc1cccc2c1CN(c1cccnc1)C([C@@H]1CCCN1)=N2. The first-order valence-electron chi connectivity index (χ1n) is 7.60. The largest absolute Gasteiger partial charge is 0.323 e. The number of fused-ring (bicyclic) bond motifs is 1. The molecule has 0 saturated carbocycles. The van der Waals surface area contributed by atoms with E-state index >= 15 is 0 Å². The molecule has 0 radical (unpaired) electrons. The van der Waals surface area contributed by atoms with Gasteiger partial charge in [-0.2, -0.15) is 0 Å². The van der Waals surface area contributed by atoms with Gasteiger partial charge in [0.2, 0.25) is 0 Å². The van der Waals surface area contributed by atoms with Crippen LogP contribution in [0.2, 0.25) is 5.02 Å². The molecule has 0 bridgehead atoms. The smallest absolute Gasteiger partial charge is 0.127 e. The first-order chi connectivity index (χ1) is 10.8. The van der Waals surface area contributed by atoms with E-state index in [0.29, 0.717) is 6.04 Å². The van der Waals surface area contributed by atoms with Crippen LogP contribution < -0.4 is 10.2 Å². The summed E-state index contributed by atoms with van der Waals surface area (Å²) in [5.41, 5.74) is 3.12. The van der Waals surface area contributed by atoms with Crippen molar-refractivity contribution in [2.75, 3.05) is 11.4 Å². The summed E-state index contributed by atoms with van der Waals surface area (Å²) >= 11 is 6.38. The second-order valence-electron chi connectivity index (χ2n) is 5.65. The monoisotopic (exact) mass is 312 g/mol. The van der Waals surface area contributed by atoms with Crippen LogP contribution in [-0.4, -0.2) is 23.4 Å².